The van der Waals surface area contributed by atoms with Gasteiger partial charge in [0.2, 0.25) is 0 Å². The molecule has 0 spiro atoms. The lowest BCUT2D eigenvalue weighted by atomic mass is 10.0. The van der Waals surface area contributed by atoms with Crippen molar-refractivity contribution in [2.24, 2.45) is 0 Å². The quantitative estimate of drug-likeness (QED) is 0.555. The first-order valence-corrected chi connectivity index (χ1v) is 9.70. The third-order valence-corrected chi connectivity index (χ3v) is 5.35. The summed E-state index contributed by atoms with van der Waals surface area (Å²) < 4.78 is 47.2. The van der Waals surface area contributed by atoms with Crippen LogP contribution in [0.4, 0.5) is 24.7 Å². The molecule has 0 aliphatic carbocycles. The van der Waals surface area contributed by atoms with Crippen LogP contribution < -0.4 is 10.6 Å². The first-order chi connectivity index (χ1) is 14.3. The van der Waals surface area contributed by atoms with E-state index in [0.29, 0.717) is 11.4 Å². The number of anilines is 2. The molecule has 1 aliphatic rings. The summed E-state index contributed by atoms with van der Waals surface area (Å²) in [5.74, 6) is -0.415. The van der Waals surface area contributed by atoms with Crippen LogP contribution in [0.1, 0.15) is 47.2 Å². The van der Waals surface area contributed by atoms with Crippen molar-refractivity contribution in [3.8, 4) is 0 Å². The highest BCUT2D eigenvalue weighted by Crippen LogP contribution is 2.46. The van der Waals surface area contributed by atoms with Crippen molar-refractivity contribution >= 4 is 29.0 Å². The maximum absolute atomic E-state index is 13.7. The summed E-state index contributed by atoms with van der Waals surface area (Å²) in [6.07, 6.45) is -2.77. The van der Waals surface area contributed by atoms with Crippen molar-refractivity contribution in [2.45, 2.75) is 38.0 Å². The Hall–Kier alpha value is -2.94. The molecule has 0 unspecified atom stereocenters. The van der Waals surface area contributed by atoms with Crippen LogP contribution in [0.2, 0.25) is 5.02 Å². The van der Waals surface area contributed by atoms with Crippen LogP contribution in [0.3, 0.4) is 0 Å². The summed E-state index contributed by atoms with van der Waals surface area (Å²) in [6.45, 7) is 1.97. The zero-order valence-corrected chi connectivity index (χ0v) is 16.6. The number of furan rings is 1. The minimum atomic E-state index is -4.58. The zero-order valence-electron chi connectivity index (χ0n) is 15.8. The van der Waals surface area contributed by atoms with E-state index in [9.17, 15) is 18.0 Å². The van der Waals surface area contributed by atoms with Gasteiger partial charge in [-0.2, -0.15) is 18.3 Å². The van der Waals surface area contributed by atoms with Crippen LogP contribution >= 0.6 is 11.6 Å². The van der Waals surface area contributed by atoms with E-state index in [1.165, 1.54) is 6.26 Å². The number of aromatic nitrogens is 2. The first-order valence-electron chi connectivity index (χ1n) is 9.33. The highest BCUT2D eigenvalue weighted by atomic mass is 35.5. The van der Waals surface area contributed by atoms with Gasteiger partial charge in [-0.05, 0) is 36.2 Å². The molecule has 0 saturated carbocycles. The Labute approximate surface area is 175 Å². The second kappa shape index (κ2) is 7.71. The second-order valence-electron chi connectivity index (χ2n) is 6.97. The number of fused-ring (bicyclic) bond motifs is 1. The predicted octanol–water partition coefficient (Wildman–Crippen LogP) is 5.60. The number of alkyl halides is 3. The van der Waals surface area contributed by atoms with Gasteiger partial charge in [0.15, 0.2) is 11.7 Å². The molecule has 0 radical (unpaired) electrons. The van der Waals surface area contributed by atoms with Crippen molar-refractivity contribution in [1.29, 1.82) is 0 Å². The van der Waals surface area contributed by atoms with Crippen molar-refractivity contribution in [1.82, 2.24) is 9.78 Å². The van der Waals surface area contributed by atoms with Crippen molar-refractivity contribution in [2.75, 3.05) is 10.6 Å². The standard InChI is InChI=1S/C20H18ClF3N4O2/c1-2-11-5-3-6-12(9-11)25-19(29)17-16(21)18-26-13(14-7-4-8-30-14)10-15(20(22,23)24)28(18)27-17/h3-9,13,15,26H,2,10H2,1H3,(H,25,29)/t13-,15+/m0/s1. The molecule has 2 N–H and O–H groups in total. The van der Waals surface area contributed by atoms with Crippen LogP contribution in [-0.4, -0.2) is 21.9 Å². The van der Waals surface area contributed by atoms with Gasteiger partial charge in [0, 0.05) is 12.1 Å². The zero-order chi connectivity index (χ0) is 21.5. The van der Waals surface area contributed by atoms with Crippen LogP contribution in [0.25, 0.3) is 0 Å². The molecule has 1 aliphatic heterocycles. The van der Waals surface area contributed by atoms with Gasteiger partial charge in [0.1, 0.15) is 16.6 Å². The number of carbonyl (C=O) groups excluding carboxylic acids is 1. The molecule has 2 atom stereocenters. The smallest absolute Gasteiger partial charge is 0.410 e. The average Bonchev–Trinajstić information content (AvgIpc) is 3.35. The molecule has 3 aromatic rings. The predicted molar refractivity (Wildman–Crippen MR) is 106 cm³/mol. The van der Waals surface area contributed by atoms with Crippen molar-refractivity contribution in [3.63, 3.8) is 0 Å². The minimum Gasteiger partial charge on any atom is -0.467 e. The summed E-state index contributed by atoms with van der Waals surface area (Å²) in [5.41, 5.74) is 1.23. The second-order valence-corrected chi connectivity index (χ2v) is 7.35. The van der Waals surface area contributed by atoms with Crippen LogP contribution in [0, 0.1) is 0 Å². The first kappa shape index (κ1) is 20.3. The van der Waals surface area contributed by atoms with Gasteiger partial charge in [-0.15, -0.1) is 0 Å². The molecule has 1 amide bonds. The average molecular weight is 439 g/mol. The SMILES string of the molecule is CCc1cccc(NC(=O)c2nn3c(c2Cl)N[C@H](c2ccco2)C[C@@H]3C(F)(F)F)c1. The number of hydrogen-bond donors (Lipinski definition) is 2. The topological polar surface area (TPSA) is 72.1 Å². The number of aryl methyl sites for hydroxylation is 1. The Morgan fingerprint density at radius 1 is 1.37 bits per heavy atom. The van der Waals surface area contributed by atoms with Gasteiger partial charge >= 0.3 is 6.18 Å². The lowest BCUT2D eigenvalue weighted by Gasteiger charge is -2.32. The molecule has 10 heteroatoms. The van der Waals surface area contributed by atoms with Gasteiger partial charge in [0.05, 0.1) is 12.3 Å². The number of nitrogens with one attached hydrogen (secondary N) is 2. The number of nitrogens with zero attached hydrogens (tertiary/aromatic N) is 2. The fourth-order valence-electron chi connectivity index (χ4n) is 3.47. The van der Waals surface area contributed by atoms with Crippen LogP contribution in [-0.2, 0) is 6.42 Å². The lowest BCUT2D eigenvalue weighted by Crippen LogP contribution is -2.35. The summed E-state index contributed by atoms with van der Waals surface area (Å²) in [4.78, 5) is 12.7. The highest BCUT2D eigenvalue weighted by Gasteiger charge is 2.48. The number of carbonyl (C=O) groups is 1. The normalized spacial score (nSPS) is 18.6. The van der Waals surface area contributed by atoms with E-state index in [2.05, 4.69) is 15.7 Å². The number of amides is 1. The molecule has 158 valence electrons. The van der Waals surface area contributed by atoms with Crippen LogP contribution in [0.5, 0.6) is 0 Å². The molecule has 0 fully saturated rings. The Kier molecular flexibility index (Phi) is 5.23. The van der Waals surface area contributed by atoms with E-state index >= 15 is 0 Å². The Morgan fingerprint density at radius 2 is 2.17 bits per heavy atom. The largest absolute Gasteiger partial charge is 0.467 e. The van der Waals surface area contributed by atoms with Gasteiger partial charge in [-0.1, -0.05) is 30.7 Å². The molecule has 0 saturated heterocycles. The minimum absolute atomic E-state index is 0.0703. The summed E-state index contributed by atoms with van der Waals surface area (Å²) in [6, 6.07) is 7.62. The molecule has 1 aromatic carbocycles. The Balaban J connectivity index is 1.68. The molecular weight excluding hydrogens is 421 g/mol. The molecule has 2 aromatic heterocycles. The Morgan fingerprint density at radius 3 is 2.83 bits per heavy atom. The van der Waals surface area contributed by atoms with E-state index < -0.39 is 24.2 Å². The Bertz CT molecular complexity index is 1060. The van der Waals surface area contributed by atoms with Crippen molar-refractivity contribution < 1.29 is 22.4 Å². The maximum Gasteiger partial charge on any atom is 0.410 e. The summed E-state index contributed by atoms with van der Waals surface area (Å²) >= 11 is 6.30. The molecule has 0 bridgehead atoms. The number of benzene rings is 1. The number of hydrogen-bond acceptors (Lipinski definition) is 4. The maximum atomic E-state index is 13.7. The van der Waals surface area contributed by atoms with E-state index in [1.54, 1.807) is 30.3 Å². The van der Waals surface area contributed by atoms with Gasteiger partial charge in [-0.25, -0.2) is 4.68 Å². The third-order valence-electron chi connectivity index (χ3n) is 4.99. The number of rotatable bonds is 4. The molecular formula is C20H18ClF3N4O2. The number of halogens is 4. The third kappa shape index (κ3) is 3.77. The van der Waals surface area contributed by atoms with Gasteiger partial charge in [0.25, 0.3) is 5.91 Å². The van der Waals surface area contributed by atoms with E-state index in [4.69, 9.17) is 16.0 Å². The highest BCUT2D eigenvalue weighted by molar-refractivity contribution is 6.36. The summed E-state index contributed by atoms with van der Waals surface area (Å²) in [7, 11) is 0. The fraction of sp³-hybridized carbons (Fsp3) is 0.300. The lowest BCUT2D eigenvalue weighted by molar-refractivity contribution is -0.174. The van der Waals surface area contributed by atoms with E-state index in [0.717, 1.165) is 16.7 Å². The van der Waals surface area contributed by atoms with Crippen LogP contribution in [0.15, 0.2) is 47.1 Å². The van der Waals surface area contributed by atoms with E-state index in [-0.39, 0.29) is 23.0 Å². The molecule has 3 heterocycles. The molecule has 4 rings (SSSR count). The van der Waals surface area contributed by atoms with Gasteiger partial charge < -0.3 is 15.1 Å². The van der Waals surface area contributed by atoms with E-state index in [1.807, 2.05) is 13.0 Å². The summed E-state index contributed by atoms with van der Waals surface area (Å²) in [5, 5.41) is 9.31. The molecule has 6 nitrogen and oxygen atoms in total. The van der Waals surface area contributed by atoms with Gasteiger partial charge in [-0.3, -0.25) is 4.79 Å². The van der Waals surface area contributed by atoms with Crippen molar-refractivity contribution in [3.05, 3.63) is 64.7 Å². The molecule has 30 heavy (non-hydrogen) atoms. The monoisotopic (exact) mass is 438 g/mol. The fourth-order valence-corrected chi connectivity index (χ4v) is 3.73.